The van der Waals surface area contributed by atoms with E-state index in [2.05, 4.69) is 33.0 Å². The molecule has 2 N–H and O–H groups in total. The standard InChI is InChI=1S/C14H25NO3/c1-9(2)11(10(3)4)8-15-12(16)14(13(17)18)6-5-7-14/h9-11H,5-8H2,1-4H3,(H,15,16)(H,17,18). The summed E-state index contributed by atoms with van der Waals surface area (Å²) in [5.74, 6) is 0.0734. The summed E-state index contributed by atoms with van der Waals surface area (Å²) in [5.41, 5.74) is -1.14. The SMILES string of the molecule is CC(C)C(CNC(=O)C1(C(=O)O)CCC1)C(C)C. The maximum atomic E-state index is 12.0. The summed E-state index contributed by atoms with van der Waals surface area (Å²) in [6.45, 7) is 9.10. The highest BCUT2D eigenvalue weighted by molar-refractivity contribution is 6.02. The minimum Gasteiger partial charge on any atom is -0.480 e. The van der Waals surface area contributed by atoms with Crippen LogP contribution in [0.2, 0.25) is 0 Å². The monoisotopic (exact) mass is 255 g/mol. The fourth-order valence-corrected chi connectivity index (χ4v) is 2.69. The lowest BCUT2D eigenvalue weighted by Gasteiger charge is -2.36. The summed E-state index contributed by atoms with van der Waals surface area (Å²) in [5, 5.41) is 12.0. The Morgan fingerprint density at radius 2 is 1.67 bits per heavy atom. The van der Waals surface area contributed by atoms with Crippen LogP contribution < -0.4 is 5.32 Å². The molecule has 0 aliphatic heterocycles. The van der Waals surface area contributed by atoms with Crippen molar-refractivity contribution in [3.05, 3.63) is 0 Å². The third kappa shape index (κ3) is 2.85. The molecule has 0 spiro atoms. The Morgan fingerprint density at radius 3 is 1.94 bits per heavy atom. The van der Waals surface area contributed by atoms with Gasteiger partial charge < -0.3 is 10.4 Å². The van der Waals surface area contributed by atoms with Gasteiger partial charge in [-0.3, -0.25) is 9.59 Å². The number of amides is 1. The molecule has 0 aromatic rings. The van der Waals surface area contributed by atoms with Gasteiger partial charge in [0.15, 0.2) is 0 Å². The van der Waals surface area contributed by atoms with Gasteiger partial charge >= 0.3 is 5.97 Å². The third-order valence-electron chi connectivity index (χ3n) is 4.26. The highest BCUT2D eigenvalue weighted by Gasteiger charge is 2.51. The van der Waals surface area contributed by atoms with Gasteiger partial charge in [-0.15, -0.1) is 0 Å². The van der Waals surface area contributed by atoms with Crippen LogP contribution >= 0.6 is 0 Å². The lowest BCUT2D eigenvalue weighted by Crippen LogP contribution is -2.52. The number of aliphatic carboxylic acids is 1. The molecule has 1 aliphatic rings. The molecule has 1 fully saturated rings. The molecule has 1 aliphatic carbocycles. The average Bonchev–Trinajstić information content (AvgIpc) is 2.13. The lowest BCUT2D eigenvalue weighted by molar-refractivity contribution is -0.162. The van der Waals surface area contributed by atoms with E-state index in [4.69, 9.17) is 0 Å². The molecule has 0 aromatic heterocycles. The average molecular weight is 255 g/mol. The van der Waals surface area contributed by atoms with Crippen LogP contribution in [0.4, 0.5) is 0 Å². The van der Waals surface area contributed by atoms with E-state index in [1.165, 1.54) is 0 Å². The Kier molecular flexibility index (Phi) is 4.77. The second-order valence-electron chi connectivity index (χ2n) is 6.10. The van der Waals surface area contributed by atoms with E-state index in [0.717, 1.165) is 6.42 Å². The van der Waals surface area contributed by atoms with Gasteiger partial charge in [0.25, 0.3) is 0 Å². The minimum atomic E-state index is -1.14. The van der Waals surface area contributed by atoms with E-state index in [1.54, 1.807) is 0 Å². The van der Waals surface area contributed by atoms with Crippen molar-refractivity contribution in [2.45, 2.75) is 47.0 Å². The summed E-state index contributed by atoms with van der Waals surface area (Å²) in [4.78, 5) is 23.2. The van der Waals surface area contributed by atoms with Crippen LogP contribution in [0.3, 0.4) is 0 Å². The van der Waals surface area contributed by atoms with Crippen molar-refractivity contribution in [1.29, 1.82) is 0 Å². The molecule has 1 saturated carbocycles. The molecule has 4 nitrogen and oxygen atoms in total. The Morgan fingerprint density at radius 1 is 1.17 bits per heavy atom. The van der Waals surface area contributed by atoms with Crippen LogP contribution in [0.25, 0.3) is 0 Å². The molecule has 4 heteroatoms. The first-order chi connectivity index (χ1) is 8.31. The van der Waals surface area contributed by atoms with Gasteiger partial charge in [-0.1, -0.05) is 34.1 Å². The van der Waals surface area contributed by atoms with E-state index >= 15 is 0 Å². The Hall–Kier alpha value is -1.06. The van der Waals surface area contributed by atoms with Crippen LogP contribution in [0.1, 0.15) is 47.0 Å². The van der Waals surface area contributed by atoms with Crippen molar-refractivity contribution in [2.24, 2.45) is 23.2 Å². The molecular formula is C14H25NO3. The summed E-state index contributed by atoms with van der Waals surface area (Å²) in [6.07, 6.45) is 1.78. The van der Waals surface area contributed by atoms with Crippen molar-refractivity contribution in [1.82, 2.24) is 5.32 Å². The Labute approximate surface area is 109 Å². The number of rotatable bonds is 6. The van der Waals surface area contributed by atoms with Crippen molar-refractivity contribution in [2.75, 3.05) is 6.54 Å². The second kappa shape index (κ2) is 5.72. The van der Waals surface area contributed by atoms with Gasteiger partial charge in [0.2, 0.25) is 5.91 Å². The second-order valence-corrected chi connectivity index (χ2v) is 6.10. The Balaban J connectivity index is 2.57. The Bertz CT molecular complexity index is 311. The highest BCUT2D eigenvalue weighted by atomic mass is 16.4. The van der Waals surface area contributed by atoms with Gasteiger partial charge in [0.05, 0.1) is 0 Å². The molecule has 1 rings (SSSR count). The summed E-state index contributed by atoms with van der Waals surface area (Å²) < 4.78 is 0. The van der Waals surface area contributed by atoms with Gasteiger partial charge in [-0.05, 0) is 30.6 Å². The number of carbonyl (C=O) groups excluding carboxylic acids is 1. The van der Waals surface area contributed by atoms with Crippen LogP contribution in [0, 0.1) is 23.2 Å². The van der Waals surface area contributed by atoms with E-state index in [1.807, 2.05) is 0 Å². The number of hydrogen-bond donors (Lipinski definition) is 2. The van der Waals surface area contributed by atoms with E-state index < -0.39 is 11.4 Å². The first-order valence-corrected chi connectivity index (χ1v) is 6.83. The zero-order valence-corrected chi connectivity index (χ0v) is 11.8. The molecule has 0 saturated heterocycles. The summed E-state index contributed by atoms with van der Waals surface area (Å²) in [6, 6.07) is 0. The number of nitrogens with one attached hydrogen (secondary N) is 1. The van der Waals surface area contributed by atoms with Gasteiger partial charge in [-0.2, -0.15) is 0 Å². The van der Waals surface area contributed by atoms with Gasteiger partial charge in [-0.25, -0.2) is 0 Å². The van der Waals surface area contributed by atoms with E-state index in [0.29, 0.717) is 37.1 Å². The molecule has 1 amide bonds. The van der Waals surface area contributed by atoms with Gasteiger partial charge in [0, 0.05) is 6.54 Å². The van der Waals surface area contributed by atoms with Crippen molar-refractivity contribution < 1.29 is 14.7 Å². The van der Waals surface area contributed by atoms with Crippen LogP contribution in [0.15, 0.2) is 0 Å². The first kappa shape index (κ1) is 15.0. The molecule has 0 bridgehead atoms. The van der Waals surface area contributed by atoms with Gasteiger partial charge in [0.1, 0.15) is 5.41 Å². The van der Waals surface area contributed by atoms with Crippen LogP contribution in [0.5, 0.6) is 0 Å². The largest absolute Gasteiger partial charge is 0.480 e. The van der Waals surface area contributed by atoms with E-state index in [9.17, 15) is 14.7 Å². The zero-order valence-electron chi connectivity index (χ0n) is 11.8. The lowest BCUT2D eigenvalue weighted by atomic mass is 9.68. The summed E-state index contributed by atoms with van der Waals surface area (Å²) in [7, 11) is 0. The third-order valence-corrected chi connectivity index (χ3v) is 4.26. The number of carboxylic acids is 1. The smallest absolute Gasteiger partial charge is 0.319 e. The molecule has 104 valence electrons. The maximum Gasteiger partial charge on any atom is 0.319 e. The van der Waals surface area contributed by atoms with Crippen molar-refractivity contribution >= 4 is 11.9 Å². The number of carbonyl (C=O) groups is 2. The molecule has 0 atom stereocenters. The normalized spacial score (nSPS) is 17.9. The molecule has 0 aromatic carbocycles. The molecular weight excluding hydrogens is 230 g/mol. The number of hydrogen-bond acceptors (Lipinski definition) is 2. The van der Waals surface area contributed by atoms with E-state index in [-0.39, 0.29) is 5.91 Å². The predicted molar refractivity (Wildman–Crippen MR) is 70.1 cm³/mol. The summed E-state index contributed by atoms with van der Waals surface area (Å²) >= 11 is 0. The van der Waals surface area contributed by atoms with Crippen molar-refractivity contribution in [3.63, 3.8) is 0 Å². The van der Waals surface area contributed by atoms with Crippen LogP contribution in [-0.2, 0) is 9.59 Å². The number of carboxylic acid groups (broad SMARTS) is 1. The molecule has 0 radical (unpaired) electrons. The fourth-order valence-electron chi connectivity index (χ4n) is 2.69. The quantitative estimate of drug-likeness (QED) is 0.716. The molecule has 0 unspecified atom stereocenters. The minimum absolute atomic E-state index is 0.299. The van der Waals surface area contributed by atoms with Crippen molar-refractivity contribution in [3.8, 4) is 0 Å². The molecule has 0 heterocycles. The molecule has 18 heavy (non-hydrogen) atoms. The first-order valence-electron chi connectivity index (χ1n) is 6.83. The van der Waals surface area contributed by atoms with Crippen LogP contribution in [-0.4, -0.2) is 23.5 Å². The predicted octanol–water partition coefficient (Wildman–Crippen LogP) is 2.29. The fraction of sp³-hybridized carbons (Fsp3) is 0.857. The maximum absolute atomic E-state index is 12.0. The topological polar surface area (TPSA) is 66.4 Å². The highest BCUT2D eigenvalue weighted by Crippen LogP contribution is 2.41. The zero-order chi connectivity index (χ0) is 13.9.